The van der Waals surface area contributed by atoms with E-state index in [2.05, 4.69) is 16.6 Å². The monoisotopic (exact) mass is 341 g/mol. The van der Waals surface area contributed by atoms with Gasteiger partial charge in [0.15, 0.2) is 0 Å². The lowest BCUT2D eigenvalue weighted by Gasteiger charge is -2.04. The molecule has 7 heteroatoms. The lowest BCUT2D eigenvalue weighted by molar-refractivity contribution is 0.563. The Bertz CT molecular complexity index is 837. The molecule has 0 aliphatic carbocycles. The third kappa shape index (κ3) is 4.53. The van der Waals surface area contributed by atoms with Crippen LogP contribution < -0.4 is 4.72 Å². The minimum atomic E-state index is -4.03. The van der Waals surface area contributed by atoms with Crippen molar-refractivity contribution in [1.29, 1.82) is 0 Å². The van der Waals surface area contributed by atoms with E-state index >= 15 is 0 Å². The molecule has 0 aromatic heterocycles. The number of sulfonamides is 1. The maximum Gasteiger partial charge on any atom is 0.241 e. The van der Waals surface area contributed by atoms with Crippen LogP contribution in [0.25, 0.3) is 0 Å². The van der Waals surface area contributed by atoms with E-state index in [-0.39, 0.29) is 6.54 Å². The summed E-state index contributed by atoms with van der Waals surface area (Å²) in [6, 6.07) is 8.81. The van der Waals surface area contributed by atoms with Crippen LogP contribution >= 0.6 is 11.6 Å². The van der Waals surface area contributed by atoms with Crippen LogP contribution in [-0.4, -0.2) is 15.0 Å². The normalized spacial score (nSPS) is 10.9. The Balaban J connectivity index is 2.08. The molecule has 2 aromatic carbocycles. The highest BCUT2D eigenvalue weighted by Gasteiger charge is 2.15. The Morgan fingerprint density at radius 1 is 1.09 bits per heavy atom. The zero-order chi connectivity index (χ0) is 16.2. The van der Waals surface area contributed by atoms with Crippen molar-refractivity contribution in [2.24, 2.45) is 0 Å². The van der Waals surface area contributed by atoms with Gasteiger partial charge in [0.25, 0.3) is 0 Å². The minimum absolute atomic E-state index is 0.201. The predicted molar refractivity (Wildman–Crippen MR) is 79.9 cm³/mol. The van der Waals surface area contributed by atoms with Crippen LogP contribution in [0.15, 0.2) is 47.4 Å². The Morgan fingerprint density at radius 2 is 1.77 bits per heavy atom. The van der Waals surface area contributed by atoms with E-state index in [1.54, 1.807) is 24.3 Å². The average molecular weight is 342 g/mol. The van der Waals surface area contributed by atoms with E-state index in [0.717, 1.165) is 12.1 Å². The van der Waals surface area contributed by atoms with Gasteiger partial charge in [-0.25, -0.2) is 17.2 Å². The summed E-state index contributed by atoms with van der Waals surface area (Å²) < 4.78 is 52.0. The zero-order valence-electron chi connectivity index (χ0n) is 11.1. The summed E-state index contributed by atoms with van der Waals surface area (Å²) in [6.07, 6.45) is 0. The minimum Gasteiger partial charge on any atom is -0.207 e. The summed E-state index contributed by atoms with van der Waals surface area (Å²) in [7, 11) is -4.03. The van der Waals surface area contributed by atoms with Gasteiger partial charge in [0.2, 0.25) is 10.0 Å². The molecule has 2 aromatic rings. The van der Waals surface area contributed by atoms with E-state index in [0.29, 0.717) is 16.7 Å². The summed E-state index contributed by atoms with van der Waals surface area (Å²) in [6.45, 7) is -0.201. The Morgan fingerprint density at radius 3 is 2.41 bits per heavy atom. The first kappa shape index (κ1) is 16.4. The van der Waals surface area contributed by atoms with Gasteiger partial charge < -0.3 is 0 Å². The lowest BCUT2D eigenvalue weighted by atomic mass is 10.2. The molecule has 0 atom stereocenters. The predicted octanol–water partition coefficient (Wildman–Crippen LogP) is 2.95. The number of hydrogen-bond acceptors (Lipinski definition) is 2. The largest absolute Gasteiger partial charge is 0.241 e. The first-order valence-electron chi connectivity index (χ1n) is 6.07. The first-order chi connectivity index (χ1) is 10.4. The van der Waals surface area contributed by atoms with Crippen molar-refractivity contribution in [1.82, 2.24) is 4.72 Å². The van der Waals surface area contributed by atoms with Crippen LogP contribution in [0.2, 0.25) is 5.02 Å². The van der Waals surface area contributed by atoms with Crippen LogP contribution in [0.3, 0.4) is 0 Å². The molecule has 0 spiro atoms. The molecule has 0 radical (unpaired) electrons. The second-order valence-corrected chi connectivity index (χ2v) is 6.45. The van der Waals surface area contributed by atoms with Gasteiger partial charge in [0.05, 0.1) is 11.4 Å². The highest BCUT2D eigenvalue weighted by atomic mass is 35.5. The molecule has 1 N–H and O–H groups in total. The van der Waals surface area contributed by atoms with Gasteiger partial charge in [-0.2, -0.15) is 4.72 Å². The molecule has 0 saturated heterocycles. The molecule has 0 bridgehead atoms. The van der Waals surface area contributed by atoms with E-state index in [9.17, 15) is 17.2 Å². The molecule has 0 unspecified atom stereocenters. The fourth-order valence-electron chi connectivity index (χ4n) is 1.61. The van der Waals surface area contributed by atoms with Crippen LogP contribution in [0.1, 0.15) is 5.56 Å². The van der Waals surface area contributed by atoms with Crippen LogP contribution in [0, 0.1) is 23.5 Å². The molecule has 0 amide bonds. The van der Waals surface area contributed by atoms with Crippen molar-refractivity contribution in [3.8, 4) is 11.8 Å². The van der Waals surface area contributed by atoms with Gasteiger partial charge >= 0.3 is 0 Å². The quantitative estimate of drug-likeness (QED) is 0.872. The molecule has 0 heterocycles. The summed E-state index contributed by atoms with van der Waals surface area (Å²) in [5, 5.41) is 0.516. The Labute approximate surface area is 132 Å². The van der Waals surface area contributed by atoms with Gasteiger partial charge in [-0.1, -0.05) is 29.5 Å². The van der Waals surface area contributed by atoms with E-state index < -0.39 is 26.6 Å². The summed E-state index contributed by atoms with van der Waals surface area (Å²) in [5.74, 6) is 3.39. The number of halogens is 3. The summed E-state index contributed by atoms with van der Waals surface area (Å²) in [4.78, 5) is -0.491. The topological polar surface area (TPSA) is 46.2 Å². The Hall–Kier alpha value is -1.94. The maximum atomic E-state index is 13.0. The van der Waals surface area contributed by atoms with Gasteiger partial charge in [0.1, 0.15) is 11.6 Å². The van der Waals surface area contributed by atoms with Gasteiger partial charge in [0, 0.05) is 16.7 Å². The average Bonchev–Trinajstić information content (AvgIpc) is 2.43. The van der Waals surface area contributed by atoms with Gasteiger partial charge in [-0.3, -0.25) is 0 Å². The molecule has 0 fully saturated rings. The zero-order valence-corrected chi connectivity index (χ0v) is 12.7. The second-order valence-electron chi connectivity index (χ2n) is 4.24. The molecule has 0 saturated carbocycles. The Kier molecular flexibility index (Phi) is 5.14. The van der Waals surface area contributed by atoms with Crippen molar-refractivity contribution < 1.29 is 17.2 Å². The molecular formula is C15H10ClF2NO2S. The highest BCUT2D eigenvalue weighted by molar-refractivity contribution is 7.89. The molecule has 2 rings (SSSR count). The first-order valence-corrected chi connectivity index (χ1v) is 7.93. The summed E-state index contributed by atoms with van der Waals surface area (Å²) >= 11 is 5.79. The van der Waals surface area contributed by atoms with Crippen molar-refractivity contribution in [3.05, 3.63) is 64.7 Å². The van der Waals surface area contributed by atoms with Gasteiger partial charge in [-0.15, -0.1) is 0 Å². The highest BCUT2D eigenvalue weighted by Crippen LogP contribution is 2.13. The molecule has 0 aliphatic heterocycles. The SMILES string of the molecule is O=S(=O)(NCC#Cc1cccc(Cl)c1)c1cc(F)cc(F)c1. The molecular weight excluding hydrogens is 332 g/mol. The molecule has 0 aliphatic rings. The molecule has 114 valence electrons. The number of nitrogens with one attached hydrogen (secondary N) is 1. The summed E-state index contributed by atoms with van der Waals surface area (Å²) in [5.41, 5.74) is 0.628. The standard InChI is InChI=1S/C15H10ClF2NO2S/c16-12-5-1-3-11(7-12)4-2-6-19-22(20,21)15-9-13(17)8-14(18)10-15/h1,3,5,7-10,19H,6H2. The van der Waals surface area contributed by atoms with E-state index in [1.807, 2.05) is 0 Å². The lowest BCUT2D eigenvalue weighted by Crippen LogP contribution is -2.24. The second kappa shape index (κ2) is 6.88. The van der Waals surface area contributed by atoms with Crippen LogP contribution in [0.4, 0.5) is 8.78 Å². The maximum absolute atomic E-state index is 13.0. The molecule has 22 heavy (non-hydrogen) atoms. The fraction of sp³-hybridized carbons (Fsp3) is 0.0667. The van der Waals surface area contributed by atoms with Crippen molar-refractivity contribution in [2.75, 3.05) is 6.54 Å². The van der Waals surface area contributed by atoms with Crippen molar-refractivity contribution in [3.63, 3.8) is 0 Å². The smallest absolute Gasteiger partial charge is 0.207 e. The third-order valence-electron chi connectivity index (χ3n) is 2.55. The van der Waals surface area contributed by atoms with Crippen LogP contribution in [0.5, 0.6) is 0 Å². The number of hydrogen-bond donors (Lipinski definition) is 1. The van der Waals surface area contributed by atoms with E-state index in [1.165, 1.54) is 0 Å². The van der Waals surface area contributed by atoms with E-state index in [4.69, 9.17) is 11.6 Å². The fourth-order valence-corrected chi connectivity index (χ4v) is 2.77. The number of benzene rings is 2. The molecule has 3 nitrogen and oxygen atoms in total. The van der Waals surface area contributed by atoms with Gasteiger partial charge in [-0.05, 0) is 30.3 Å². The van der Waals surface area contributed by atoms with Crippen molar-refractivity contribution in [2.45, 2.75) is 4.90 Å². The van der Waals surface area contributed by atoms with Crippen LogP contribution in [-0.2, 0) is 10.0 Å². The number of rotatable bonds is 3. The third-order valence-corrected chi connectivity index (χ3v) is 4.17. The van der Waals surface area contributed by atoms with Crippen molar-refractivity contribution >= 4 is 21.6 Å².